The average Bonchev–Trinajstić information content (AvgIpc) is 2.79. The van der Waals surface area contributed by atoms with E-state index in [1.165, 1.54) is 0 Å². The van der Waals surface area contributed by atoms with Crippen LogP contribution >= 0.6 is 0 Å². The van der Waals surface area contributed by atoms with Gasteiger partial charge < -0.3 is 14.8 Å². The standard InChI is InChI=1S/C26H25N3O3/c1-4-18-9-5-6-11-23(18)29-25(31)22-13-21-19(15-30)14-27-17(3)24(21)32-26(22)28-20-10-7-8-16(2)12-20/h5-14,30H,4,15H2,1-3H3,(H,29,31). The first-order chi connectivity index (χ1) is 15.5. The van der Waals surface area contributed by atoms with Gasteiger partial charge in [0.05, 0.1) is 18.0 Å². The van der Waals surface area contributed by atoms with Gasteiger partial charge in [0.15, 0.2) is 5.58 Å². The Bertz CT molecular complexity index is 1370. The molecule has 4 rings (SSSR count). The average molecular weight is 428 g/mol. The Kier molecular flexibility index (Phi) is 6.14. The first-order valence-electron chi connectivity index (χ1n) is 10.5. The van der Waals surface area contributed by atoms with Gasteiger partial charge in [-0.15, -0.1) is 0 Å². The van der Waals surface area contributed by atoms with Gasteiger partial charge in [0, 0.05) is 22.8 Å². The largest absolute Gasteiger partial charge is 0.436 e. The third kappa shape index (κ3) is 4.31. The molecule has 2 N–H and O–H groups in total. The number of rotatable bonds is 5. The van der Waals surface area contributed by atoms with E-state index in [1.807, 2.05) is 69.3 Å². The van der Waals surface area contributed by atoms with Crippen molar-refractivity contribution in [1.29, 1.82) is 0 Å². The Balaban J connectivity index is 1.93. The fourth-order valence-corrected chi connectivity index (χ4v) is 3.62. The number of nitrogens with one attached hydrogen (secondary N) is 1. The van der Waals surface area contributed by atoms with E-state index in [0.717, 1.165) is 23.2 Å². The predicted octanol–water partition coefficient (Wildman–Crippen LogP) is 4.98. The normalized spacial score (nSPS) is 11.7. The molecule has 32 heavy (non-hydrogen) atoms. The fourth-order valence-electron chi connectivity index (χ4n) is 3.62. The zero-order chi connectivity index (χ0) is 22.7. The van der Waals surface area contributed by atoms with Crippen LogP contribution in [0.1, 0.15) is 39.7 Å². The van der Waals surface area contributed by atoms with Gasteiger partial charge in [-0.2, -0.15) is 0 Å². The minimum atomic E-state index is -0.332. The molecule has 0 bridgehead atoms. The summed E-state index contributed by atoms with van der Waals surface area (Å²) in [7, 11) is 0. The summed E-state index contributed by atoms with van der Waals surface area (Å²) in [6, 6.07) is 17.1. The summed E-state index contributed by atoms with van der Waals surface area (Å²) >= 11 is 0. The molecule has 0 aliphatic carbocycles. The van der Waals surface area contributed by atoms with Crippen LogP contribution in [0.25, 0.3) is 11.0 Å². The van der Waals surface area contributed by atoms with Crippen molar-refractivity contribution in [3.63, 3.8) is 0 Å². The number of para-hydroxylation sites is 1. The highest BCUT2D eigenvalue weighted by Crippen LogP contribution is 2.23. The van der Waals surface area contributed by atoms with Gasteiger partial charge in [-0.1, -0.05) is 37.3 Å². The summed E-state index contributed by atoms with van der Waals surface area (Å²) in [5.41, 5.74) is 5.71. The number of hydrogen-bond acceptors (Lipinski definition) is 5. The van der Waals surface area contributed by atoms with Crippen LogP contribution in [-0.2, 0) is 13.0 Å². The molecule has 162 valence electrons. The molecular formula is C26H25N3O3. The predicted molar refractivity (Wildman–Crippen MR) is 125 cm³/mol. The minimum Gasteiger partial charge on any atom is -0.436 e. The monoisotopic (exact) mass is 427 g/mol. The molecule has 0 aliphatic rings. The highest BCUT2D eigenvalue weighted by Gasteiger charge is 2.17. The maximum Gasteiger partial charge on any atom is 0.261 e. The van der Waals surface area contributed by atoms with Crippen molar-refractivity contribution in [3.8, 4) is 0 Å². The third-order valence-corrected chi connectivity index (χ3v) is 5.34. The number of benzene rings is 2. The van der Waals surface area contributed by atoms with Crippen molar-refractivity contribution in [2.45, 2.75) is 33.8 Å². The van der Waals surface area contributed by atoms with E-state index < -0.39 is 0 Å². The zero-order valence-electron chi connectivity index (χ0n) is 18.3. The minimum absolute atomic E-state index is 0.189. The number of nitrogens with zero attached hydrogens (tertiary/aromatic N) is 2. The van der Waals surface area contributed by atoms with Crippen LogP contribution in [0.4, 0.5) is 11.4 Å². The first-order valence-corrected chi connectivity index (χ1v) is 10.5. The molecule has 4 aromatic rings. The quantitative estimate of drug-likeness (QED) is 0.470. The van der Waals surface area contributed by atoms with Crippen LogP contribution in [0.2, 0.25) is 0 Å². The number of aliphatic hydroxyl groups is 1. The van der Waals surface area contributed by atoms with E-state index in [-0.39, 0.29) is 23.6 Å². The Morgan fingerprint density at radius 3 is 2.66 bits per heavy atom. The van der Waals surface area contributed by atoms with E-state index in [2.05, 4.69) is 15.3 Å². The van der Waals surface area contributed by atoms with Crippen LogP contribution in [0.15, 0.2) is 70.2 Å². The number of anilines is 1. The number of carbonyl (C=O) groups excluding carboxylic acids is 1. The van der Waals surface area contributed by atoms with Crippen LogP contribution < -0.4 is 10.9 Å². The second-order valence-corrected chi connectivity index (χ2v) is 7.65. The third-order valence-electron chi connectivity index (χ3n) is 5.34. The van der Waals surface area contributed by atoms with Crippen molar-refractivity contribution >= 4 is 28.3 Å². The Morgan fingerprint density at radius 1 is 1.09 bits per heavy atom. The van der Waals surface area contributed by atoms with Gasteiger partial charge in [-0.3, -0.25) is 9.78 Å². The van der Waals surface area contributed by atoms with E-state index in [4.69, 9.17) is 4.42 Å². The lowest BCUT2D eigenvalue weighted by molar-refractivity contribution is 0.102. The van der Waals surface area contributed by atoms with Crippen molar-refractivity contribution in [3.05, 3.63) is 94.3 Å². The van der Waals surface area contributed by atoms with Crippen LogP contribution in [0, 0.1) is 13.8 Å². The van der Waals surface area contributed by atoms with Crippen molar-refractivity contribution in [2.24, 2.45) is 4.99 Å². The molecule has 1 amide bonds. The van der Waals surface area contributed by atoms with Gasteiger partial charge in [-0.05, 0) is 55.7 Å². The molecule has 6 heteroatoms. The van der Waals surface area contributed by atoms with E-state index in [1.54, 1.807) is 12.3 Å². The van der Waals surface area contributed by atoms with Crippen molar-refractivity contribution in [2.75, 3.05) is 5.32 Å². The lowest BCUT2D eigenvalue weighted by atomic mass is 10.1. The summed E-state index contributed by atoms with van der Waals surface area (Å²) in [5.74, 6) is -0.332. The molecule has 6 nitrogen and oxygen atoms in total. The van der Waals surface area contributed by atoms with Crippen LogP contribution in [0.5, 0.6) is 0 Å². The number of aromatic nitrogens is 1. The summed E-state index contributed by atoms with van der Waals surface area (Å²) in [6.45, 7) is 5.62. The lowest BCUT2D eigenvalue weighted by Crippen LogP contribution is -2.22. The zero-order valence-corrected chi connectivity index (χ0v) is 18.3. The maximum atomic E-state index is 13.4. The Hall–Kier alpha value is -3.77. The summed E-state index contributed by atoms with van der Waals surface area (Å²) in [4.78, 5) is 22.3. The van der Waals surface area contributed by atoms with Gasteiger partial charge in [-0.25, -0.2) is 4.99 Å². The Labute approximate surface area is 186 Å². The lowest BCUT2D eigenvalue weighted by Gasteiger charge is -2.12. The van der Waals surface area contributed by atoms with Gasteiger partial charge in [0.25, 0.3) is 5.91 Å². The molecule has 2 heterocycles. The SMILES string of the molecule is CCc1ccccc1NC(=O)c1cc2c(CO)cnc(C)c2oc1=Nc1cccc(C)c1. The summed E-state index contributed by atoms with van der Waals surface area (Å²) in [6.07, 6.45) is 2.39. The molecule has 0 saturated carbocycles. The number of hydrogen-bond donors (Lipinski definition) is 2. The highest BCUT2D eigenvalue weighted by atomic mass is 16.3. The van der Waals surface area contributed by atoms with Crippen LogP contribution in [0.3, 0.4) is 0 Å². The fraction of sp³-hybridized carbons (Fsp3) is 0.192. The molecule has 0 spiro atoms. The van der Waals surface area contributed by atoms with Gasteiger partial charge >= 0.3 is 0 Å². The van der Waals surface area contributed by atoms with Gasteiger partial charge in [0.2, 0.25) is 5.55 Å². The molecule has 0 unspecified atom stereocenters. The first kappa shape index (κ1) is 21.5. The summed E-state index contributed by atoms with van der Waals surface area (Å²) in [5, 5.41) is 13.4. The van der Waals surface area contributed by atoms with Crippen LogP contribution in [-0.4, -0.2) is 16.0 Å². The molecular weight excluding hydrogens is 402 g/mol. The highest BCUT2D eigenvalue weighted by molar-refractivity contribution is 6.06. The van der Waals surface area contributed by atoms with E-state index >= 15 is 0 Å². The molecule has 2 aromatic carbocycles. The second kappa shape index (κ2) is 9.16. The number of carbonyl (C=O) groups is 1. The smallest absolute Gasteiger partial charge is 0.261 e. The number of fused-ring (bicyclic) bond motifs is 1. The van der Waals surface area contributed by atoms with Gasteiger partial charge in [0.1, 0.15) is 5.56 Å². The molecule has 0 fully saturated rings. The van der Waals surface area contributed by atoms with Crippen molar-refractivity contribution < 1.29 is 14.3 Å². The maximum absolute atomic E-state index is 13.4. The molecule has 0 atom stereocenters. The molecule has 2 aromatic heterocycles. The summed E-state index contributed by atoms with van der Waals surface area (Å²) < 4.78 is 6.12. The molecule has 0 aliphatic heterocycles. The molecule has 0 saturated heterocycles. The number of pyridine rings is 1. The second-order valence-electron chi connectivity index (χ2n) is 7.65. The Morgan fingerprint density at radius 2 is 1.91 bits per heavy atom. The number of aliphatic hydroxyl groups excluding tert-OH is 1. The number of amides is 1. The van der Waals surface area contributed by atoms with E-state index in [9.17, 15) is 9.90 Å². The molecule has 0 radical (unpaired) electrons. The topological polar surface area (TPSA) is 87.7 Å². The van der Waals surface area contributed by atoms with E-state index in [0.29, 0.717) is 27.9 Å². The number of aryl methyl sites for hydroxylation is 3. The van der Waals surface area contributed by atoms with Crippen molar-refractivity contribution in [1.82, 2.24) is 4.98 Å².